The summed E-state index contributed by atoms with van der Waals surface area (Å²) in [5.41, 5.74) is 1.67. The summed E-state index contributed by atoms with van der Waals surface area (Å²) in [6, 6.07) is 1.82. The number of hydrogen-bond acceptors (Lipinski definition) is 9. The maximum atomic E-state index is 4.40. The Morgan fingerprint density at radius 3 is 3.00 bits per heavy atom. The maximum Gasteiger partial charge on any atom is 0.256 e. The van der Waals surface area contributed by atoms with Crippen LogP contribution in [0.15, 0.2) is 33.5 Å². The van der Waals surface area contributed by atoms with Crippen LogP contribution in [-0.2, 0) is 0 Å². The maximum absolute atomic E-state index is 4.40. The summed E-state index contributed by atoms with van der Waals surface area (Å²) in [6.45, 7) is 2.88. The van der Waals surface area contributed by atoms with Gasteiger partial charge in [0.1, 0.15) is 5.51 Å². The first-order valence-electron chi connectivity index (χ1n) is 6.29. The number of nitrogens with one attached hydrogen (secondary N) is 1. The minimum Gasteiger partial charge on any atom is -0.354 e. The molecular formula is C11H12N8S2. The summed E-state index contributed by atoms with van der Waals surface area (Å²) in [5.74, 6) is 1.00. The molecule has 0 aliphatic heterocycles. The molecule has 0 aliphatic rings. The summed E-state index contributed by atoms with van der Waals surface area (Å²) < 4.78 is 2.39. The Balaban J connectivity index is 1.92. The van der Waals surface area contributed by atoms with Crippen LogP contribution in [0.1, 0.15) is 13.3 Å². The lowest BCUT2D eigenvalue weighted by Gasteiger charge is -2.07. The quantitative estimate of drug-likeness (QED) is 0.735. The molecule has 0 saturated heterocycles. The molecule has 0 radical (unpaired) electrons. The van der Waals surface area contributed by atoms with E-state index in [-0.39, 0.29) is 0 Å². The highest BCUT2D eigenvalue weighted by Gasteiger charge is 2.11. The minimum absolute atomic E-state index is 0.473. The molecule has 0 spiro atoms. The van der Waals surface area contributed by atoms with E-state index in [0.717, 1.165) is 17.3 Å². The van der Waals surface area contributed by atoms with Gasteiger partial charge in [0.05, 0.1) is 0 Å². The van der Waals surface area contributed by atoms with Gasteiger partial charge in [0.15, 0.2) is 4.34 Å². The molecule has 1 N–H and O–H groups in total. The molecule has 0 saturated carbocycles. The van der Waals surface area contributed by atoms with Crippen LogP contribution in [0.3, 0.4) is 0 Å². The summed E-state index contributed by atoms with van der Waals surface area (Å²) in [7, 11) is 0. The van der Waals surface area contributed by atoms with E-state index in [0.29, 0.717) is 17.1 Å². The molecule has 0 amide bonds. The van der Waals surface area contributed by atoms with Crippen LogP contribution in [0.25, 0.3) is 5.95 Å². The molecule has 10 heteroatoms. The van der Waals surface area contributed by atoms with Gasteiger partial charge in [-0.25, -0.2) is 4.68 Å². The third kappa shape index (κ3) is 3.52. The summed E-state index contributed by atoms with van der Waals surface area (Å²) in [4.78, 5) is 13.1. The number of aromatic nitrogens is 7. The van der Waals surface area contributed by atoms with Crippen molar-refractivity contribution in [2.24, 2.45) is 0 Å². The second-order valence-electron chi connectivity index (χ2n) is 3.93. The molecule has 0 aromatic carbocycles. The standard InChI is InChI=1S/C11H12N8S2/c1-2-4-12-8-15-9(19-6-3-5-14-19)17-10(16-8)21-11-18-13-7-20-11/h3,5-7H,2,4H2,1H3,(H,12,15,16,17). The predicted molar refractivity (Wildman–Crippen MR) is 79.8 cm³/mol. The van der Waals surface area contributed by atoms with Crippen LogP contribution in [0, 0.1) is 0 Å². The summed E-state index contributed by atoms with van der Waals surface area (Å²) in [5, 5.41) is 15.7. The van der Waals surface area contributed by atoms with E-state index >= 15 is 0 Å². The lowest BCUT2D eigenvalue weighted by atomic mass is 10.5. The average molecular weight is 320 g/mol. The first kappa shape index (κ1) is 13.9. The third-order valence-corrected chi connectivity index (χ3v) is 4.01. The van der Waals surface area contributed by atoms with Crippen LogP contribution >= 0.6 is 23.1 Å². The van der Waals surface area contributed by atoms with Crippen molar-refractivity contribution < 1.29 is 0 Å². The average Bonchev–Trinajstić information content (AvgIpc) is 3.18. The molecule has 0 unspecified atom stereocenters. The Bertz CT molecular complexity index is 682. The van der Waals surface area contributed by atoms with Crippen LogP contribution in [-0.4, -0.2) is 41.5 Å². The lowest BCUT2D eigenvalue weighted by Crippen LogP contribution is -2.10. The van der Waals surface area contributed by atoms with E-state index in [9.17, 15) is 0 Å². The van der Waals surface area contributed by atoms with E-state index < -0.39 is 0 Å². The molecule has 0 atom stereocenters. The zero-order chi connectivity index (χ0) is 14.5. The normalized spacial score (nSPS) is 10.7. The minimum atomic E-state index is 0.473. The van der Waals surface area contributed by atoms with Crippen molar-refractivity contribution in [1.82, 2.24) is 34.9 Å². The molecule has 0 bridgehead atoms. The highest BCUT2D eigenvalue weighted by Crippen LogP contribution is 2.26. The van der Waals surface area contributed by atoms with Crippen LogP contribution in [0.4, 0.5) is 5.95 Å². The lowest BCUT2D eigenvalue weighted by molar-refractivity contribution is 0.757. The second-order valence-corrected chi connectivity index (χ2v) is 5.97. The fourth-order valence-electron chi connectivity index (χ4n) is 1.48. The molecular weight excluding hydrogens is 308 g/mol. The number of rotatable bonds is 6. The summed E-state index contributed by atoms with van der Waals surface area (Å²) in [6.07, 6.45) is 4.46. The van der Waals surface area contributed by atoms with Gasteiger partial charge in [0.25, 0.3) is 5.95 Å². The fourth-order valence-corrected chi connectivity index (χ4v) is 2.81. The Labute approximate surface area is 129 Å². The van der Waals surface area contributed by atoms with Crippen molar-refractivity contribution in [3.05, 3.63) is 24.0 Å². The molecule has 108 valence electrons. The topological polar surface area (TPSA) is 94.3 Å². The van der Waals surface area contributed by atoms with Crippen LogP contribution in [0.5, 0.6) is 0 Å². The monoisotopic (exact) mass is 320 g/mol. The third-order valence-electron chi connectivity index (χ3n) is 2.36. The molecule has 21 heavy (non-hydrogen) atoms. The molecule has 8 nitrogen and oxygen atoms in total. The van der Waals surface area contributed by atoms with Gasteiger partial charge < -0.3 is 5.32 Å². The zero-order valence-corrected chi connectivity index (χ0v) is 12.8. The molecule has 3 aromatic heterocycles. The van der Waals surface area contributed by atoms with E-state index in [2.05, 4.69) is 42.5 Å². The Hall–Kier alpha value is -2.07. The summed E-state index contributed by atoms with van der Waals surface area (Å²) >= 11 is 2.80. The van der Waals surface area contributed by atoms with Gasteiger partial charge in [-0.2, -0.15) is 20.1 Å². The van der Waals surface area contributed by atoms with Gasteiger partial charge in [0, 0.05) is 18.9 Å². The van der Waals surface area contributed by atoms with Crippen molar-refractivity contribution in [3.63, 3.8) is 0 Å². The van der Waals surface area contributed by atoms with E-state index in [4.69, 9.17) is 0 Å². The predicted octanol–water partition coefficient (Wildman–Crippen LogP) is 1.88. The van der Waals surface area contributed by atoms with Crippen molar-refractivity contribution in [2.45, 2.75) is 22.8 Å². The van der Waals surface area contributed by atoms with E-state index in [1.807, 2.05) is 6.07 Å². The number of nitrogens with zero attached hydrogens (tertiary/aromatic N) is 7. The van der Waals surface area contributed by atoms with Crippen molar-refractivity contribution in [1.29, 1.82) is 0 Å². The largest absolute Gasteiger partial charge is 0.354 e. The van der Waals surface area contributed by atoms with Crippen LogP contribution in [0.2, 0.25) is 0 Å². The van der Waals surface area contributed by atoms with E-state index in [1.165, 1.54) is 23.1 Å². The van der Waals surface area contributed by atoms with Crippen molar-refractivity contribution >= 4 is 29.0 Å². The first-order chi connectivity index (χ1) is 10.3. The highest BCUT2D eigenvalue weighted by atomic mass is 32.2. The van der Waals surface area contributed by atoms with Crippen molar-refractivity contribution in [2.75, 3.05) is 11.9 Å². The van der Waals surface area contributed by atoms with Gasteiger partial charge >= 0.3 is 0 Å². The van der Waals surface area contributed by atoms with Gasteiger partial charge in [-0.3, -0.25) is 0 Å². The van der Waals surface area contributed by atoms with Gasteiger partial charge in [-0.05, 0) is 24.2 Å². The Morgan fingerprint density at radius 2 is 2.29 bits per heavy atom. The number of anilines is 1. The SMILES string of the molecule is CCCNc1nc(Sc2nncs2)nc(-n2cccn2)n1. The Morgan fingerprint density at radius 1 is 1.33 bits per heavy atom. The van der Waals surface area contributed by atoms with Gasteiger partial charge in [-0.1, -0.05) is 18.3 Å². The highest BCUT2D eigenvalue weighted by molar-refractivity contribution is 8.00. The Kier molecular flexibility index (Phi) is 4.36. The zero-order valence-electron chi connectivity index (χ0n) is 11.2. The smallest absolute Gasteiger partial charge is 0.256 e. The number of hydrogen-bond donors (Lipinski definition) is 1. The van der Waals surface area contributed by atoms with Gasteiger partial charge in [-0.15, -0.1) is 10.2 Å². The van der Waals surface area contributed by atoms with Gasteiger partial charge in [0.2, 0.25) is 11.1 Å². The molecule has 3 heterocycles. The molecule has 3 aromatic rings. The molecule has 0 aliphatic carbocycles. The van der Waals surface area contributed by atoms with Crippen LogP contribution < -0.4 is 5.32 Å². The molecule has 0 fully saturated rings. The second kappa shape index (κ2) is 6.59. The van der Waals surface area contributed by atoms with Crippen molar-refractivity contribution in [3.8, 4) is 5.95 Å². The van der Waals surface area contributed by atoms with E-state index in [1.54, 1.807) is 22.6 Å². The first-order valence-corrected chi connectivity index (χ1v) is 7.99. The molecule has 3 rings (SSSR count). The fraction of sp³-hybridized carbons (Fsp3) is 0.273.